The van der Waals surface area contributed by atoms with Crippen molar-refractivity contribution in [2.45, 2.75) is 19.8 Å². The molecule has 1 amide bonds. The van der Waals surface area contributed by atoms with Crippen LogP contribution in [0.5, 0.6) is 0 Å². The molecule has 1 aliphatic heterocycles. The lowest BCUT2D eigenvalue weighted by Gasteiger charge is -2.25. The predicted molar refractivity (Wildman–Crippen MR) is 58.1 cm³/mol. The van der Waals surface area contributed by atoms with Gasteiger partial charge in [0.1, 0.15) is 0 Å². The van der Waals surface area contributed by atoms with Crippen LogP contribution in [0.15, 0.2) is 6.20 Å². The molecule has 5 heteroatoms. The fourth-order valence-electron chi connectivity index (χ4n) is 1.89. The smallest absolute Gasteiger partial charge is 0.257 e. The molecular formula is C11H15N3O2. The molecule has 1 aromatic rings. The Kier molecular flexibility index (Phi) is 2.77. The lowest BCUT2D eigenvalue weighted by atomic mass is 10.1. The molecule has 5 nitrogen and oxygen atoms in total. The van der Waals surface area contributed by atoms with E-state index in [0.717, 1.165) is 12.1 Å². The zero-order valence-electron chi connectivity index (χ0n) is 9.56. The Morgan fingerprint density at radius 1 is 1.50 bits per heavy atom. The minimum atomic E-state index is -0.0846. The number of hydrogen-bond acceptors (Lipinski definition) is 3. The number of likely N-dealkylation sites (tertiary alicyclic amines) is 1. The molecule has 0 saturated carbocycles. The second-order valence-corrected chi connectivity index (χ2v) is 4.14. The normalized spacial score (nSPS) is 16.6. The number of ketones is 1. The van der Waals surface area contributed by atoms with E-state index in [9.17, 15) is 9.59 Å². The first-order chi connectivity index (χ1) is 7.59. The molecule has 1 fully saturated rings. The summed E-state index contributed by atoms with van der Waals surface area (Å²) >= 11 is 0. The highest BCUT2D eigenvalue weighted by Crippen LogP contribution is 2.13. The first-order valence-corrected chi connectivity index (χ1v) is 5.39. The molecule has 0 unspecified atom stereocenters. The fourth-order valence-corrected chi connectivity index (χ4v) is 1.89. The summed E-state index contributed by atoms with van der Waals surface area (Å²) in [5.74, 6) is 0.0554. The van der Waals surface area contributed by atoms with Crippen molar-refractivity contribution < 1.29 is 9.59 Å². The van der Waals surface area contributed by atoms with Crippen LogP contribution in [-0.2, 0) is 11.8 Å². The molecule has 16 heavy (non-hydrogen) atoms. The number of hydrogen-bond donors (Lipinski definition) is 0. The van der Waals surface area contributed by atoms with E-state index in [1.807, 2.05) is 6.92 Å². The molecule has 1 aliphatic rings. The predicted octanol–water partition coefficient (Wildman–Crippen LogP) is 0.534. The summed E-state index contributed by atoms with van der Waals surface area (Å²) in [5, 5.41) is 4.04. The van der Waals surface area contributed by atoms with E-state index in [1.54, 1.807) is 22.8 Å². The number of aromatic nitrogens is 2. The van der Waals surface area contributed by atoms with Crippen LogP contribution in [0.4, 0.5) is 0 Å². The van der Waals surface area contributed by atoms with E-state index >= 15 is 0 Å². The average Bonchev–Trinajstić information content (AvgIpc) is 2.59. The molecule has 2 heterocycles. The first kappa shape index (κ1) is 10.9. The van der Waals surface area contributed by atoms with Crippen molar-refractivity contribution in [2.75, 3.05) is 13.1 Å². The number of aryl methyl sites for hydroxylation is 1. The summed E-state index contributed by atoms with van der Waals surface area (Å²) in [6.45, 7) is 2.76. The minimum Gasteiger partial charge on any atom is -0.331 e. The van der Waals surface area contributed by atoms with E-state index < -0.39 is 0 Å². The average molecular weight is 221 g/mol. The maximum absolute atomic E-state index is 12.1. The summed E-state index contributed by atoms with van der Waals surface area (Å²) < 4.78 is 1.67. The highest BCUT2D eigenvalue weighted by molar-refractivity contribution is 5.98. The third-order valence-electron chi connectivity index (χ3n) is 3.00. The van der Waals surface area contributed by atoms with E-state index in [1.165, 1.54) is 0 Å². The number of rotatable bonds is 1. The molecule has 0 atom stereocenters. The Labute approximate surface area is 94.0 Å². The van der Waals surface area contributed by atoms with Crippen LogP contribution in [0, 0.1) is 6.92 Å². The van der Waals surface area contributed by atoms with Gasteiger partial charge in [-0.15, -0.1) is 0 Å². The van der Waals surface area contributed by atoms with Crippen LogP contribution in [0.1, 0.15) is 28.9 Å². The van der Waals surface area contributed by atoms with Crippen LogP contribution in [0.3, 0.4) is 0 Å². The molecule has 0 radical (unpaired) electrons. The number of carbonyl (C=O) groups excluding carboxylic acids is 2. The number of amides is 1. The van der Waals surface area contributed by atoms with Gasteiger partial charge in [-0.25, -0.2) is 0 Å². The van der Waals surface area contributed by atoms with Gasteiger partial charge in [-0.2, -0.15) is 5.10 Å². The second-order valence-electron chi connectivity index (χ2n) is 4.14. The highest BCUT2D eigenvalue weighted by Gasteiger charge is 2.24. The summed E-state index contributed by atoms with van der Waals surface area (Å²) in [4.78, 5) is 25.0. The van der Waals surface area contributed by atoms with Crippen molar-refractivity contribution >= 4 is 11.7 Å². The molecule has 0 aromatic carbocycles. The lowest BCUT2D eigenvalue weighted by molar-refractivity contribution is -0.121. The van der Waals surface area contributed by atoms with Crippen LogP contribution in [-0.4, -0.2) is 39.5 Å². The van der Waals surface area contributed by atoms with Crippen molar-refractivity contribution in [3.63, 3.8) is 0 Å². The van der Waals surface area contributed by atoms with E-state index in [0.29, 0.717) is 18.5 Å². The number of carbonyl (C=O) groups is 2. The third-order valence-corrected chi connectivity index (χ3v) is 3.00. The first-order valence-electron chi connectivity index (χ1n) is 5.39. The minimum absolute atomic E-state index is 0.0846. The fraction of sp³-hybridized carbons (Fsp3) is 0.545. The van der Waals surface area contributed by atoms with Crippen molar-refractivity contribution in [3.05, 3.63) is 17.5 Å². The maximum Gasteiger partial charge on any atom is 0.257 e. The Balaban J connectivity index is 2.18. The molecule has 0 spiro atoms. The van der Waals surface area contributed by atoms with E-state index in [-0.39, 0.29) is 18.2 Å². The molecular weight excluding hydrogens is 206 g/mol. The Morgan fingerprint density at radius 2 is 2.25 bits per heavy atom. The number of nitrogens with zero attached hydrogens (tertiary/aromatic N) is 3. The summed E-state index contributed by atoms with van der Waals surface area (Å²) in [6.07, 6.45) is 2.93. The van der Waals surface area contributed by atoms with Gasteiger partial charge >= 0.3 is 0 Å². The second kappa shape index (κ2) is 4.08. The van der Waals surface area contributed by atoms with Crippen molar-refractivity contribution in [1.29, 1.82) is 0 Å². The topological polar surface area (TPSA) is 55.2 Å². The number of piperidine rings is 1. The molecule has 86 valence electrons. The molecule has 0 aliphatic carbocycles. The van der Waals surface area contributed by atoms with Gasteiger partial charge in [0.25, 0.3) is 5.91 Å². The van der Waals surface area contributed by atoms with Gasteiger partial charge < -0.3 is 4.90 Å². The van der Waals surface area contributed by atoms with Gasteiger partial charge in [0.15, 0.2) is 5.78 Å². The quantitative estimate of drug-likeness (QED) is 0.695. The highest BCUT2D eigenvalue weighted by atomic mass is 16.2. The molecule has 1 saturated heterocycles. The maximum atomic E-state index is 12.1. The monoisotopic (exact) mass is 221 g/mol. The zero-order valence-corrected chi connectivity index (χ0v) is 9.56. The Hall–Kier alpha value is -1.65. The van der Waals surface area contributed by atoms with Crippen molar-refractivity contribution in [3.8, 4) is 0 Å². The van der Waals surface area contributed by atoms with Gasteiger partial charge in [-0.3, -0.25) is 14.3 Å². The van der Waals surface area contributed by atoms with Crippen LogP contribution >= 0.6 is 0 Å². The van der Waals surface area contributed by atoms with E-state index in [2.05, 4.69) is 5.10 Å². The van der Waals surface area contributed by atoms with Gasteiger partial charge in [-0.1, -0.05) is 0 Å². The van der Waals surface area contributed by atoms with Crippen molar-refractivity contribution in [2.24, 2.45) is 7.05 Å². The van der Waals surface area contributed by atoms with Gasteiger partial charge in [-0.05, 0) is 13.3 Å². The largest absolute Gasteiger partial charge is 0.331 e. The zero-order chi connectivity index (χ0) is 11.7. The summed E-state index contributed by atoms with van der Waals surface area (Å²) in [7, 11) is 1.80. The third kappa shape index (κ3) is 1.85. The SMILES string of the molecule is Cc1c(C(=O)N2CCCC(=O)C2)cnn1C. The molecule has 0 N–H and O–H groups in total. The Morgan fingerprint density at radius 3 is 2.81 bits per heavy atom. The van der Waals surface area contributed by atoms with Gasteiger partial charge in [0, 0.05) is 25.7 Å². The van der Waals surface area contributed by atoms with Gasteiger partial charge in [0.2, 0.25) is 0 Å². The Bertz CT molecular complexity index is 436. The van der Waals surface area contributed by atoms with Gasteiger partial charge in [0.05, 0.1) is 18.3 Å². The van der Waals surface area contributed by atoms with Crippen LogP contribution < -0.4 is 0 Å². The molecule has 2 rings (SSSR count). The molecule has 1 aromatic heterocycles. The van der Waals surface area contributed by atoms with Crippen molar-refractivity contribution in [1.82, 2.24) is 14.7 Å². The molecule has 0 bridgehead atoms. The van der Waals surface area contributed by atoms with Crippen LogP contribution in [0.2, 0.25) is 0 Å². The number of Topliss-reactive ketones (excluding diaryl/α,β-unsaturated/α-hetero) is 1. The van der Waals surface area contributed by atoms with E-state index in [4.69, 9.17) is 0 Å². The van der Waals surface area contributed by atoms with Crippen LogP contribution in [0.25, 0.3) is 0 Å². The summed E-state index contributed by atoms with van der Waals surface area (Å²) in [5.41, 5.74) is 1.43. The lowest BCUT2D eigenvalue weighted by Crippen LogP contribution is -2.40. The summed E-state index contributed by atoms with van der Waals surface area (Å²) in [6, 6.07) is 0. The standard InChI is InChI=1S/C11H15N3O2/c1-8-10(6-12-13(8)2)11(16)14-5-3-4-9(15)7-14/h6H,3-5,7H2,1-2H3.